The maximum atomic E-state index is 13.3. The number of benzene rings is 3. The van der Waals surface area contributed by atoms with Gasteiger partial charge >= 0.3 is 0 Å². The molecule has 3 aromatic carbocycles. The molecule has 0 atom stereocenters. The predicted octanol–water partition coefficient (Wildman–Crippen LogP) is 6.60. The van der Waals surface area contributed by atoms with Gasteiger partial charge < -0.3 is 9.47 Å². The number of para-hydroxylation sites is 2. The van der Waals surface area contributed by atoms with Gasteiger partial charge in [0.05, 0.1) is 15.7 Å². The van der Waals surface area contributed by atoms with Gasteiger partial charge in [0, 0.05) is 36.3 Å². The molecule has 1 aliphatic rings. The van der Waals surface area contributed by atoms with Crippen molar-refractivity contribution in [2.75, 3.05) is 11.9 Å². The van der Waals surface area contributed by atoms with Crippen molar-refractivity contribution in [3.05, 3.63) is 106 Å². The molecule has 0 radical (unpaired) electrons. The normalized spacial score (nSPS) is 15.3. The first kappa shape index (κ1) is 21.7. The molecule has 2 heterocycles. The van der Waals surface area contributed by atoms with Gasteiger partial charge in [-0.15, -0.1) is 0 Å². The van der Waals surface area contributed by atoms with E-state index in [1.807, 2.05) is 67.7 Å². The summed E-state index contributed by atoms with van der Waals surface area (Å²) in [4.78, 5) is 16.7. The van der Waals surface area contributed by atoms with Crippen LogP contribution < -0.4 is 4.90 Å². The topological polar surface area (TPSA) is 28.5 Å². The second-order valence-corrected chi connectivity index (χ2v) is 9.00. The number of hydrogen-bond acceptors (Lipinski definition) is 2. The van der Waals surface area contributed by atoms with E-state index in [2.05, 4.69) is 22.9 Å². The molecule has 0 aliphatic carbocycles. The first-order valence-corrected chi connectivity index (χ1v) is 11.5. The number of aromatic nitrogens is 1. The van der Waals surface area contributed by atoms with Crippen LogP contribution in [0.1, 0.15) is 11.1 Å². The molecule has 7 heteroatoms. The summed E-state index contributed by atoms with van der Waals surface area (Å²) < 4.78 is 2.15. The van der Waals surface area contributed by atoms with Crippen LogP contribution in [0, 0.1) is 0 Å². The minimum atomic E-state index is -0.144. The number of carbonyl (C=O) groups excluding carboxylic acids is 1. The lowest BCUT2D eigenvalue weighted by Crippen LogP contribution is -2.30. The van der Waals surface area contributed by atoms with Gasteiger partial charge in [-0.05, 0) is 54.2 Å². The van der Waals surface area contributed by atoms with Gasteiger partial charge in [0.2, 0.25) is 0 Å². The molecule has 1 fully saturated rings. The number of hydrogen-bond donors (Lipinski definition) is 0. The summed E-state index contributed by atoms with van der Waals surface area (Å²) in [6, 6.07) is 23.2. The van der Waals surface area contributed by atoms with E-state index >= 15 is 0 Å². The van der Waals surface area contributed by atoms with E-state index in [9.17, 15) is 4.79 Å². The van der Waals surface area contributed by atoms with Gasteiger partial charge in [-0.1, -0.05) is 65.7 Å². The molecule has 164 valence electrons. The number of rotatable bonds is 4. The third kappa shape index (κ3) is 3.93. The molecule has 0 unspecified atom stereocenters. The lowest BCUT2D eigenvalue weighted by molar-refractivity contribution is -0.114. The molecule has 0 bridgehead atoms. The van der Waals surface area contributed by atoms with Crippen molar-refractivity contribution in [1.82, 2.24) is 9.47 Å². The van der Waals surface area contributed by atoms with E-state index in [-0.39, 0.29) is 5.91 Å². The number of halogens is 2. The van der Waals surface area contributed by atoms with Crippen LogP contribution in [0.15, 0.2) is 84.7 Å². The van der Waals surface area contributed by atoms with Crippen molar-refractivity contribution in [3.8, 4) is 0 Å². The molecule has 0 saturated carbocycles. The van der Waals surface area contributed by atoms with Crippen LogP contribution in [0.3, 0.4) is 0 Å². The summed E-state index contributed by atoms with van der Waals surface area (Å²) in [5, 5.41) is 2.57. The summed E-state index contributed by atoms with van der Waals surface area (Å²) in [6.45, 7) is 0.624. The molecule has 0 spiro atoms. The Balaban J connectivity index is 1.56. The zero-order valence-electron chi connectivity index (χ0n) is 17.7. The summed E-state index contributed by atoms with van der Waals surface area (Å²) in [7, 11) is 1.82. The van der Waals surface area contributed by atoms with Gasteiger partial charge in [-0.25, -0.2) is 0 Å². The van der Waals surface area contributed by atoms with Crippen molar-refractivity contribution in [3.63, 3.8) is 0 Å². The van der Waals surface area contributed by atoms with Crippen molar-refractivity contribution in [2.24, 2.45) is 0 Å². The molecule has 1 amide bonds. The van der Waals surface area contributed by atoms with Crippen LogP contribution >= 0.6 is 35.4 Å². The maximum Gasteiger partial charge on any atom is 0.281 e. The number of amides is 1. The average Bonchev–Trinajstić information content (AvgIpc) is 3.27. The largest absolute Gasteiger partial charge is 0.342 e. The lowest BCUT2D eigenvalue weighted by atomic mass is 10.1. The molecule has 5 rings (SSSR count). The van der Waals surface area contributed by atoms with Crippen LogP contribution in [0.5, 0.6) is 0 Å². The monoisotopic (exact) mass is 491 g/mol. The van der Waals surface area contributed by atoms with Crippen LogP contribution in [0.4, 0.5) is 5.69 Å². The van der Waals surface area contributed by atoms with E-state index < -0.39 is 0 Å². The number of carbonyl (C=O) groups is 1. The first-order valence-electron chi connectivity index (χ1n) is 10.3. The molecule has 0 N–H and O–H groups in total. The van der Waals surface area contributed by atoms with Crippen molar-refractivity contribution >= 4 is 69.1 Å². The second-order valence-electron chi connectivity index (χ2n) is 7.83. The highest BCUT2D eigenvalue weighted by molar-refractivity contribution is 7.80. The highest BCUT2D eigenvalue weighted by Gasteiger charge is 2.36. The molecule has 4 aromatic rings. The van der Waals surface area contributed by atoms with Crippen molar-refractivity contribution in [1.29, 1.82) is 0 Å². The van der Waals surface area contributed by atoms with Crippen LogP contribution in [0.2, 0.25) is 10.0 Å². The summed E-state index contributed by atoms with van der Waals surface area (Å²) in [5.41, 5.74) is 4.32. The van der Waals surface area contributed by atoms with E-state index in [4.69, 9.17) is 35.4 Å². The van der Waals surface area contributed by atoms with Gasteiger partial charge in [-0.3, -0.25) is 9.69 Å². The molecule has 1 aromatic heterocycles. The van der Waals surface area contributed by atoms with Crippen LogP contribution in [-0.2, 0) is 11.3 Å². The zero-order chi connectivity index (χ0) is 23.1. The van der Waals surface area contributed by atoms with Crippen molar-refractivity contribution in [2.45, 2.75) is 6.54 Å². The quantitative estimate of drug-likeness (QED) is 0.237. The SMILES string of the molecule is CN1C(=S)N(c2ccccc2)C(=O)C1=Cc1cn(Cc2ccc(Cl)c(Cl)c2)c2ccccc12. The van der Waals surface area contributed by atoms with Crippen molar-refractivity contribution < 1.29 is 4.79 Å². The summed E-state index contributed by atoms with van der Waals surface area (Å²) in [6.07, 6.45) is 3.96. The third-order valence-corrected chi connectivity index (χ3v) is 6.92. The Morgan fingerprint density at radius 2 is 1.67 bits per heavy atom. The standard InChI is InChI=1S/C26H19Cl2N3OS/c1-29-24(25(32)31(26(29)33)19-7-3-2-4-8-19)14-18-16-30(23-10-6-5-9-20(18)23)15-17-11-12-21(27)22(28)13-17/h2-14,16H,15H2,1H3. The highest BCUT2D eigenvalue weighted by atomic mass is 35.5. The first-order chi connectivity index (χ1) is 15.9. The Hall–Kier alpha value is -3.12. The fraction of sp³-hybridized carbons (Fsp3) is 0.0769. The van der Waals surface area contributed by atoms with E-state index in [1.165, 1.54) is 0 Å². The number of fused-ring (bicyclic) bond motifs is 1. The molecular weight excluding hydrogens is 473 g/mol. The number of likely N-dealkylation sites (N-methyl/N-ethyl adjacent to an activating group) is 1. The van der Waals surface area contributed by atoms with Gasteiger partial charge in [0.15, 0.2) is 5.11 Å². The average molecular weight is 492 g/mol. The zero-order valence-corrected chi connectivity index (χ0v) is 20.0. The Morgan fingerprint density at radius 1 is 0.939 bits per heavy atom. The molecule has 1 aliphatic heterocycles. The number of thiocarbonyl (C=S) groups is 1. The molecule has 1 saturated heterocycles. The minimum Gasteiger partial charge on any atom is -0.342 e. The Bertz CT molecular complexity index is 1430. The Morgan fingerprint density at radius 3 is 2.42 bits per heavy atom. The van der Waals surface area contributed by atoms with Crippen LogP contribution in [0.25, 0.3) is 17.0 Å². The highest BCUT2D eigenvalue weighted by Crippen LogP contribution is 2.31. The predicted molar refractivity (Wildman–Crippen MR) is 140 cm³/mol. The lowest BCUT2D eigenvalue weighted by Gasteiger charge is -2.16. The fourth-order valence-corrected chi connectivity index (χ4v) is 4.67. The van der Waals surface area contributed by atoms with Gasteiger partial charge in [0.1, 0.15) is 5.70 Å². The minimum absolute atomic E-state index is 0.144. The maximum absolute atomic E-state index is 13.3. The molecule has 4 nitrogen and oxygen atoms in total. The number of anilines is 1. The van der Waals surface area contributed by atoms with Gasteiger partial charge in [-0.2, -0.15) is 0 Å². The van der Waals surface area contributed by atoms with Gasteiger partial charge in [0.25, 0.3) is 5.91 Å². The smallest absolute Gasteiger partial charge is 0.281 e. The van der Waals surface area contributed by atoms with Crippen LogP contribution in [-0.4, -0.2) is 27.5 Å². The summed E-state index contributed by atoms with van der Waals surface area (Å²) >= 11 is 17.9. The fourth-order valence-electron chi connectivity index (χ4n) is 4.06. The Labute approximate surface area is 207 Å². The van der Waals surface area contributed by atoms with E-state index in [1.54, 1.807) is 15.9 Å². The Kier molecular flexibility index (Phi) is 5.71. The molecule has 33 heavy (non-hydrogen) atoms. The molecular formula is C26H19Cl2N3OS. The van der Waals surface area contributed by atoms with E-state index in [0.717, 1.165) is 27.7 Å². The third-order valence-electron chi connectivity index (χ3n) is 5.72. The van der Waals surface area contributed by atoms with E-state index in [0.29, 0.717) is 27.4 Å². The summed E-state index contributed by atoms with van der Waals surface area (Å²) in [5.74, 6) is -0.144. The second kappa shape index (κ2) is 8.67. The number of nitrogens with zero attached hydrogens (tertiary/aromatic N) is 3.